The van der Waals surface area contributed by atoms with Crippen molar-refractivity contribution in [2.75, 3.05) is 0 Å². The van der Waals surface area contributed by atoms with Gasteiger partial charge in [0.05, 0.1) is 0 Å². The van der Waals surface area contributed by atoms with Crippen LogP contribution in [-0.4, -0.2) is 10.8 Å². The fraction of sp³-hybridized carbons (Fsp3) is 0.200. The molecule has 0 radical (unpaired) electrons. The minimum absolute atomic E-state index is 0.156. The minimum Gasteiger partial charge on any atom is -0.289 e. The number of aromatic nitrogens is 1. The first-order chi connectivity index (χ1) is 8.61. The van der Waals surface area contributed by atoms with Gasteiger partial charge in [-0.15, -0.1) is 0 Å². The third-order valence-electron chi connectivity index (χ3n) is 2.83. The van der Waals surface area contributed by atoms with Crippen LogP contribution in [0.2, 0.25) is 0 Å². The van der Waals surface area contributed by atoms with Crippen LogP contribution in [0.25, 0.3) is 0 Å². The minimum atomic E-state index is -0.384. The molecule has 0 aliphatic rings. The molecule has 0 atom stereocenters. The van der Waals surface area contributed by atoms with E-state index in [1.54, 1.807) is 31.5 Å². The van der Waals surface area contributed by atoms with Gasteiger partial charge in [0.1, 0.15) is 5.82 Å². The first-order valence-electron chi connectivity index (χ1n) is 5.86. The predicted molar refractivity (Wildman–Crippen MR) is 68.2 cm³/mol. The Hall–Kier alpha value is -2.03. The summed E-state index contributed by atoms with van der Waals surface area (Å²) in [6, 6.07) is 6.06. The van der Waals surface area contributed by atoms with Gasteiger partial charge in [-0.25, -0.2) is 4.39 Å². The van der Waals surface area contributed by atoms with Crippen molar-refractivity contribution in [3.63, 3.8) is 0 Å². The summed E-state index contributed by atoms with van der Waals surface area (Å²) in [4.78, 5) is 16.3. The molecular formula is C15H14FNO. The average molecular weight is 243 g/mol. The lowest BCUT2D eigenvalue weighted by Crippen LogP contribution is -2.06. The average Bonchev–Trinajstić information content (AvgIpc) is 2.36. The van der Waals surface area contributed by atoms with Crippen LogP contribution >= 0.6 is 0 Å². The number of benzene rings is 1. The number of rotatable bonds is 3. The molecule has 0 aliphatic carbocycles. The molecule has 0 fully saturated rings. The van der Waals surface area contributed by atoms with Gasteiger partial charge in [-0.05, 0) is 48.7 Å². The predicted octanol–water partition coefficient (Wildman–Crippen LogP) is 3.32. The summed E-state index contributed by atoms with van der Waals surface area (Å²) < 4.78 is 13.3. The van der Waals surface area contributed by atoms with Crippen molar-refractivity contribution in [1.29, 1.82) is 0 Å². The largest absolute Gasteiger partial charge is 0.289 e. The van der Waals surface area contributed by atoms with E-state index in [1.807, 2.05) is 6.92 Å². The molecule has 92 valence electrons. The maximum atomic E-state index is 13.3. The zero-order valence-electron chi connectivity index (χ0n) is 10.4. The van der Waals surface area contributed by atoms with Gasteiger partial charge in [-0.2, -0.15) is 0 Å². The van der Waals surface area contributed by atoms with Crippen molar-refractivity contribution in [3.05, 3.63) is 64.7 Å². The smallest absolute Gasteiger partial charge is 0.193 e. The molecule has 0 spiro atoms. The van der Waals surface area contributed by atoms with Gasteiger partial charge in [0.2, 0.25) is 0 Å². The number of aryl methyl sites for hydroxylation is 2. The van der Waals surface area contributed by atoms with Gasteiger partial charge in [0, 0.05) is 23.5 Å². The Morgan fingerprint density at radius 1 is 1.33 bits per heavy atom. The molecule has 0 unspecified atom stereocenters. The van der Waals surface area contributed by atoms with E-state index < -0.39 is 0 Å². The van der Waals surface area contributed by atoms with E-state index in [1.165, 1.54) is 12.1 Å². The topological polar surface area (TPSA) is 30.0 Å². The molecule has 1 aromatic carbocycles. The lowest BCUT2D eigenvalue weighted by Gasteiger charge is -2.07. The molecule has 0 saturated heterocycles. The first kappa shape index (κ1) is 12.4. The monoisotopic (exact) mass is 243 g/mol. The molecule has 0 aliphatic heterocycles. The molecule has 2 nitrogen and oxygen atoms in total. The highest BCUT2D eigenvalue weighted by molar-refractivity contribution is 6.09. The van der Waals surface area contributed by atoms with Crippen LogP contribution in [-0.2, 0) is 6.42 Å². The molecule has 0 bridgehead atoms. The van der Waals surface area contributed by atoms with Crippen LogP contribution in [0.4, 0.5) is 4.39 Å². The molecule has 0 saturated carbocycles. The van der Waals surface area contributed by atoms with Crippen LogP contribution in [0.15, 0.2) is 36.7 Å². The third kappa shape index (κ3) is 2.45. The molecular weight excluding hydrogens is 229 g/mol. The van der Waals surface area contributed by atoms with Gasteiger partial charge in [0.15, 0.2) is 5.78 Å². The number of carbonyl (C=O) groups is 1. The summed E-state index contributed by atoms with van der Waals surface area (Å²) in [6.07, 6.45) is 3.99. The van der Waals surface area contributed by atoms with E-state index in [2.05, 4.69) is 4.98 Å². The summed E-state index contributed by atoms with van der Waals surface area (Å²) in [5.41, 5.74) is 2.60. The Labute approximate surface area is 105 Å². The Morgan fingerprint density at radius 3 is 2.78 bits per heavy atom. The maximum Gasteiger partial charge on any atom is 0.193 e. The Kier molecular flexibility index (Phi) is 3.51. The lowest BCUT2D eigenvalue weighted by molar-refractivity contribution is 0.103. The summed E-state index contributed by atoms with van der Waals surface area (Å²) in [7, 11) is 0. The quantitative estimate of drug-likeness (QED) is 0.774. The first-order valence-corrected chi connectivity index (χ1v) is 5.86. The van der Waals surface area contributed by atoms with E-state index in [0.29, 0.717) is 11.1 Å². The van der Waals surface area contributed by atoms with Crippen molar-refractivity contribution in [2.45, 2.75) is 20.3 Å². The number of hydrogen-bond donors (Lipinski definition) is 0. The molecule has 2 rings (SSSR count). The zero-order chi connectivity index (χ0) is 13.1. The number of hydrogen-bond acceptors (Lipinski definition) is 2. The number of halogens is 1. The van der Waals surface area contributed by atoms with Gasteiger partial charge >= 0.3 is 0 Å². The number of carbonyl (C=O) groups excluding carboxylic acids is 1. The van der Waals surface area contributed by atoms with Crippen molar-refractivity contribution in [3.8, 4) is 0 Å². The van der Waals surface area contributed by atoms with Crippen LogP contribution < -0.4 is 0 Å². The number of ketones is 1. The second-order valence-corrected chi connectivity index (χ2v) is 4.23. The van der Waals surface area contributed by atoms with Crippen LogP contribution in [0.1, 0.15) is 34.0 Å². The summed E-state index contributed by atoms with van der Waals surface area (Å²) in [5, 5.41) is 0. The lowest BCUT2D eigenvalue weighted by atomic mass is 9.98. The highest BCUT2D eigenvalue weighted by Gasteiger charge is 2.13. The van der Waals surface area contributed by atoms with E-state index in [-0.39, 0.29) is 11.6 Å². The molecule has 0 N–H and O–H groups in total. The second-order valence-electron chi connectivity index (χ2n) is 4.23. The standard InChI is InChI=1S/C15H14FNO/c1-3-11-9-17-5-4-14(11)15(18)12-6-10(2)7-13(16)8-12/h4-9H,3H2,1-2H3. The molecule has 3 heteroatoms. The highest BCUT2D eigenvalue weighted by Crippen LogP contribution is 2.16. The number of pyridine rings is 1. The normalized spacial score (nSPS) is 10.4. The van der Waals surface area contributed by atoms with Gasteiger partial charge in [0.25, 0.3) is 0 Å². The molecule has 1 heterocycles. The summed E-state index contributed by atoms with van der Waals surface area (Å²) in [6.45, 7) is 3.73. The summed E-state index contributed by atoms with van der Waals surface area (Å²) >= 11 is 0. The molecule has 2 aromatic rings. The van der Waals surface area contributed by atoms with Gasteiger partial charge in [-0.3, -0.25) is 9.78 Å². The van der Waals surface area contributed by atoms with E-state index in [0.717, 1.165) is 17.5 Å². The SMILES string of the molecule is CCc1cnccc1C(=O)c1cc(C)cc(F)c1. The zero-order valence-corrected chi connectivity index (χ0v) is 10.4. The number of nitrogens with zero attached hydrogens (tertiary/aromatic N) is 1. The fourth-order valence-corrected chi connectivity index (χ4v) is 1.95. The highest BCUT2D eigenvalue weighted by atomic mass is 19.1. The van der Waals surface area contributed by atoms with Crippen LogP contribution in [0.5, 0.6) is 0 Å². The van der Waals surface area contributed by atoms with Gasteiger partial charge < -0.3 is 0 Å². The van der Waals surface area contributed by atoms with E-state index >= 15 is 0 Å². The van der Waals surface area contributed by atoms with Gasteiger partial charge in [-0.1, -0.05) is 6.92 Å². The third-order valence-corrected chi connectivity index (χ3v) is 2.83. The fourth-order valence-electron chi connectivity index (χ4n) is 1.95. The Bertz CT molecular complexity index is 573. The molecule has 1 aromatic heterocycles. The summed E-state index contributed by atoms with van der Waals surface area (Å²) in [5.74, 6) is -0.540. The van der Waals surface area contributed by atoms with Crippen molar-refractivity contribution >= 4 is 5.78 Å². The van der Waals surface area contributed by atoms with Crippen molar-refractivity contribution in [1.82, 2.24) is 4.98 Å². The van der Waals surface area contributed by atoms with Crippen LogP contribution in [0, 0.1) is 12.7 Å². The van der Waals surface area contributed by atoms with E-state index in [4.69, 9.17) is 0 Å². The molecule has 0 amide bonds. The van der Waals surface area contributed by atoms with Crippen molar-refractivity contribution < 1.29 is 9.18 Å². The Morgan fingerprint density at radius 2 is 2.11 bits per heavy atom. The maximum absolute atomic E-state index is 13.3. The Balaban J connectivity index is 2.47. The molecule has 18 heavy (non-hydrogen) atoms. The van der Waals surface area contributed by atoms with Crippen LogP contribution in [0.3, 0.4) is 0 Å². The second kappa shape index (κ2) is 5.08. The van der Waals surface area contributed by atoms with E-state index in [9.17, 15) is 9.18 Å². The van der Waals surface area contributed by atoms with Crippen molar-refractivity contribution in [2.24, 2.45) is 0 Å².